The van der Waals surface area contributed by atoms with Crippen molar-refractivity contribution in [2.24, 2.45) is 0 Å². The Hall–Kier alpha value is -2.00. The third-order valence-corrected chi connectivity index (χ3v) is 9.39. The van der Waals surface area contributed by atoms with Crippen LogP contribution in [-0.4, -0.2) is 13.4 Å². The molecule has 0 spiro atoms. The van der Waals surface area contributed by atoms with Gasteiger partial charge in [-0.1, -0.05) is 76.2 Å². The second kappa shape index (κ2) is 7.48. The van der Waals surface area contributed by atoms with Crippen molar-refractivity contribution in [2.45, 2.75) is 51.7 Å². The highest BCUT2D eigenvalue weighted by atomic mass is 28.4. The van der Waals surface area contributed by atoms with Crippen LogP contribution >= 0.6 is 0 Å². The molecular weight excluding hydrogens is 324 g/mol. The Morgan fingerprint density at radius 2 is 1.64 bits per heavy atom. The van der Waals surface area contributed by atoms with Crippen molar-refractivity contribution in [1.29, 1.82) is 0 Å². The Morgan fingerprint density at radius 3 is 2.24 bits per heavy atom. The van der Waals surface area contributed by atoms with Gasteiger partial charge < -0.3 is 9.53 Å². The molecule has 134 valence electrons. The Balaban J connectivity index is 2.33. The van der Waals surface area contributed by atoms with Gasteiger partial charge in [-0.25, -0.2) is 0 Å². The van der Waals surface area contributed by atoms with E-state index in [0.29, 0.717) is 5.75 Å². The van der Waals surface area contributed by atoms with Gasteiger partial charge in [0.15, 0.2) is 0 Å². The molecular formula is C22H30O2Si. The van der Waals surface area contributed by atoms with Gasteiger partial charge in [0.2, 0.25) is 8.32 Å². The fourth-order valence-electron chi connectivity index (χ4n) is 2.42. The van der Waals surface area contributed by atoms with Gasteiger partial charge in [-0.05, 0) is 35.8 Å². The minimum absolute atomic E-state index is 0.0566. The molecule has 1 N–H and O–H groups in total. The first-order valence-corrected chi connectivity index (χ1v) is 11.8. The summed E-state index contributed by atoms with van der Waals surface area (Å²) in [6.07, 6.45) is 4.20. The number of phenols is 1. The van der Waals surface area contributed by atoms with Crippen molar-refractivity contribution in [3.8, 4) is 11.5 Å². The lowest BCUT2D eigenvalue weighted by atomic mass is 9.97. The number of phenolic OH excluding ortho intramolecular Hbond substituents is 1. The molecule has 0 saturated carbocycles. The van der Waals surface area contributed by atoms with E-state index in [1.54, 1.807) is 6.07 Å². The summed E-state index contributed by atoms with van der Waals surface area (Å²) in [5, 5.41) is 10.6. The minimum atomic E-state index is -1.97. The predicted molar refractivity (Wildman–Crippen MR) is 110 cm³/mol. The van der Waals surface area contributed by atoms with Crippen molar-refractivity contribution in [1.82, 2.24) is 0 Å². The second-order valence-corrected chi connectivity index (χ2v) is 12.8. The first kappa shape index (κ1) is 19.3. The summed E-state index contributed by atoms with van der Waals surface area (Å²) in [6.45, 7) is 13.2. The summed E-state index contributed by atoms with van der Waals surface area (Å²) in [4.78, 5) is 0. The molecule has 3 heteroatoms. The van der Waals surface area contributed by atoms with E-state index in [2.05, 4.69) is 65.1 Å². The van der Waals surface area contributed by atoms with Crippen LogP contribution in [0.25, 0.3) is 6.08 Å². The van der Waals surface area contributed by atoms with E-state index in [0.717, 1.165) is 16.9 Å². The van der Waals surface area contributed by atoms with Crippen molar-refractivity contribution in [3.63, 3.8) is 0 Å². The van der Waals surface area contributed by atoms with E-state index in [9.17, 15) is 5.11 Å². The zero-order valence-electron chi connectivity index (χ0n) is 16.2. The van der Waals surface area contributed by atoms with Gasteiger partial charge in [-0.15, -0.1) is 0 Å². The maximum absolute atomic E-state index is 10.5. The quantitative estimate of drug-likeness (QED) is 0.613. The van der Waals surface area contributed by atoms with Crippen LogP contribution in [0.15, 0.2) is 54.6 Å². The van der Waals surface area contributed by atoms with Gasteiger partial charge in [0.05, 0.1) is 0 Å². The van der Waals surface area contributed by atoms with Gasteiger partial charge in [0.1, 0.15) is 11.5 Å². The predicted octanol–water partition coefficient (Wildman–Crippen LogP) is 6.59. The van der Waals surface area contributed by atoms with Gasteiger partial charge >= 0.3 is 0 Å². The van der Waals surface area contributed by atoms with E-state index in [1.807, 2.05) is 30.3 Å². The molecule has 0 fully saturated rings. The molecule has 0 radical (unpaired) electrons. The molecule has 0 aliphatic carbocycles. The minimum Gasteiger partial charge on any atom is -0.543 e. The topological polar surface area (TPSA) is 29.5 Å². The second-order valence-electron chi connectivity index (χ2n) is 8.11. The highest BCUT2D eigenvalue weighted by Crippen LogP contribution is 2.42. The van der Waals surface area contributed by atoms with Gasteiger partial charge in [0.25, 0.3) is 0 Å². The van der Waals surface area contributed by atoms with Crippen LogP contribution in [0.5, 0.6) is 11.5 Å². The monoisotopic (exact) mass is 354 g/mol. The van der Waals surface area contributed by atoms with E-state index < -0.39 is 8.32 Å². The van der Waals surface area contributed by atoms with Crippen LogP contribution in [0.4, 0.5) is 0 Å². The zero-order valence-corrected chi connectivity index (χ0v) is 17.2. The van der Waals surface area contributed by atoms with Crippen LogP contribution in [-0.2, 0) is 0 Å². The summed E-state index contributed by atoms with van der Waals surface area (Å²) >= 11 is 0. The maximum Gasteiger partial charge on any atom is 0.250 e. The molecule has 2 aromatic rings. The molecule has 0 bridgehead atoms. The fraction of sp³-hybridized carbons (Fsp3) is 0.364. The van der Waals surface area contributed by atoms with Crippen molar-refractivity contribution in [3.05, 3.63) is 65.7 Å². The molecule has 1 unspecified atom stereocenters. The molecule has 0 amide bonds. The lowest BCUT2D eigenvalue weighted by Gasteiger charge is -2.37. The van der Waals surface area contributed by atoms with E-state index >= 15 is 0 Å². The molecule has 2 nitrogen and oxygen atoms in total. The highest BCUT2D eigenvalue weighted by Gasteiger charge is 2.39. The standard InChI is InChI=1S/C22H30O2Si/c1-17(15-16-18-11-8-7-9-12-18)21-19(23)13-10-14-20(21)24-25(5,6)22(2,3)4/h7-17,23H,1-6H3. The van der Waals surface area contributed by atoms with E-state index in [1.165, 1.54) is 0 Å². The number of allylic oxidation sites excluding steroid dienone is 1. The molecule has 0 heterocycles. The maximum atomic E-state index is 10.5. The Morgan fingerprint density at radius 1 is 1.00 bits per heavy atom. The average molecular weight is 355 g/mol. The fourth-order valence-corrected chi connectivity index (χ4v) is 3.46. The smallest absolute Gasteiger partial charge is 0.250 e. The number of hydrogen-bond acceptors (Lipinski definition) is 2. The number of rotatable bonds is 5. The summed E-state index contributed by atoms with van der Waals surface area (Å²) in [7, 11) is -1.97. The van der Waals surface area contributed by atoms with Crippen molar-refractivity contribution < 1.29 is 9.53 Å². The SMILES string of the molecule is CC(C=Cc1ccccc1)c1c(O)cccc1O[Si](C)(C)C(C)(C)C. The molecule has 0 aromatic heterocycles. The van der Waals surface area contributed by atoms with Crippen LogP contribution in [0, 0.1) is 0 Å². The first-order chi connectivity index (χ1) is 11.6. The van der Waals surface area contributed by atoms with Crippen LogP contribution in [0.1, 0.15) is 44.7 Å². The van der Waals surface area contributed by atoms with Crippen molar-refractivity contribution >= 4 is 14.4 Å². The van der Waals surface area contributed by atoms with E-state index in [4.69, 9.17) is 4.43 Å². The normalized spacial score (nSPS) is 13.8. The molecule has 2 aromatic carbocycles. The zero-order chi connectivity index (χ0) is 18.7. The Kier molecular flexibility index (Phi) is 5.78. The largest absolute Gasteiger partial charge is 0.543 e. The third-order valence-electron chi connectivity index (χ3n) is 5.05. The number of benzene rings is 2. The lowest BCUT2D eigenvalue weighted by Crippen LogP contribution is -2.44. The lowest BCUT2D eigenvalue weighted by molar-refractivity contribution is 0.448. The molecule has 0 aliphatic heterocycles. The van der Waals surface area contributed by atoms with E-state index in [-0.39, 0.29) is 11.0 Å². The molecule has 2 rings (SSSR count). The summed E-state index contributed by atoms with van der Waals surface area (Å²) in [5.41, 5.74) is 2.01. The van der Waals surface area contributed by atoms with Crippen LogP contribution < -0.4 is 4.43 Å². The molecule has 0 aliphatic rings. The van der Waals surface area contributed by atoms with Crippen molar-refractivity contribution in [2.75, 3.05) is 0 Å². The average Bonchev–Trinajstić information content (AvgIpc) is 2.52. The molecule has 1 atom stereocenters. The summed E-state index contributed by atoms with van der Waals surface area (Å²) in [6, 6.07) is 15.8. The molecule has 0 saturated heterocycles. The molecule has 25 heavy (non-hydrogen) atoms. The first-order valence-electron chi connectivity index (χ1n) is 8.86. The van der Waals surface area contributed by atoms with Crippen LogP contribution in [0.3, 0.4) is 0 Å². The highest BCUT2D eigenvalue weighted by molar-refractivity contribution is 6.74. The Labute approximate surface area is 153 Å². The number of aromatic hydroxyl groups is 1. The van der Waals surface area contributed by atoms with Gasteiger partial charge in [-0.2, -0.15) is 0 Å². The van der Waals surface area contributed by atoms with Gasteiger partial charge in [0, 0.05) is 11.5 Å². The number of hydrogen-bond donors (Lipinski definition) is 1. The Bertz CT molecular complexity index is 727. The van der Waals surface area contributed by atoms with Gasteiger partial charge in [-0.3, -0.25) is 0 Å². The third kappa shape index (κ3) is 4.76. The summed E-state index contributed by atoms with van der Waals surface area (Å²) in [5.74, 6) is 1.15. The summed E-state index contributed by atoms with van der Waals surface area (Å²) < 4.78 is 6.50. The van der Waals surface area contributed by atoms with Crippen LogP contribution in [0.2, 0.25) is 18.1 Å².